The summed E-state index contributed by atoms with van der Waals surface area (Å²) in [5.74, 6) is -1.53. The number of carbonyl (C=O) groups excluding carboxylic acids is 3. The fraction of sp³-hybridized carbons (Fsp3) is 0.100. The molecule has 1 aromatic carbocycles. The van der Waals surface area contributed by atoms with E-state index < -0.39 is 11.8 Å². The second kappa shape index (κ2) is 3.65. The van der Waals surface area contributed by atoms with Gasteiger partial charge in [0.15, 0.2) is 0 Å². The molecule has 0 radical (unpaired) electrons. The van der Waals surface area contributed by atoms with E-state index in [9.17, 15) is 14.4 Å². The van der Waals surface area contributed by atoms with Gasteiger partial charge in [-0.15, -0.1) is 10.2 Å². The van der Waals surface area contributed by atoms with E-state index in [1.165, 1.54) is 19.1 Å². The van der Waals surface area contributed by atoms with Crippen molar-refractivity contribution >= 4 is 23.4 Å². The van der Waals surface area contributed by atoms with Crippen LogP contribution in [0.1, 0.15) is 27.6 Å². The van der Waals surface area contributed by atoms with Gasteiger partial charge in [-0.25, -0.2) is 0 Å². The number of nitrogens with one attached hydrogen (secondary N) is 1. The number of hydrogen-bond acceptors (Lipinski definition) is 3. The normalized spacial score (nSPS) is 13.6. The minimum Gasteiger partial charge on any atom is -0.326 e. The topological polar surface area (TPSA) is 88.0 Å². The second-order valence-corrected chi connectivity index (χ2v) is 3.22. The van der Waals surface area contributed by atoms with Crippen molar-refractivity contribution in [1.82, 2.24) is 0 Å². The number of fused-ring (bicyclic) bond motifs is 1. The maximum Gasteiger partial charge on any atom is 0.298 e. The highest BCUT2D eigenvalue weighted by molar-refractivity contribution is 6.15. The van der Waals surface area contributed by atoms with Crippen LogP contribution in [0.25, 0.3) is 0 Å². The molecule has 0 saturated heterocycles. The third-order valence-corrected chi connectivity index (χ3v) is 2.05. The Morgan fingerprint density at radius 1 is 1.19 bits per heavy atom. The first-order valence-corrected chi connectivity index (χ1v) is 4.50. The average molecular weight is 217 g/mol. The average Bonchev–Trinajstić information content (AvgIpc) is 2.23. The van der Waals surface area contributed by atoms with Crippen LogP contribution in [0.2, 0.25) is 0 Å². The third kappa shape index (κ3) is 1.60. The maximum atomic E-state index is 11.5. The molecule has 3 amide bonds. The molecule has 0 unspecified atom stereocenters. The summed E-state index contributed by atoms with van der Waals surface area (Å²) < 4.78 is 0. The predicted octanol–water partition coefficient (Wildman–Crippen LogP) is 1.39. The van der Waals surface area contributed by atoms with Gasteiger partial charge in [-0.1, -0.05) is 6.07 Å². The van der Waals surface area contributed by atoms with E-state index >= 15 is 0 Å². The van der Waals surface area contributed by atoms with Crippen LogP contribution in [0, 0.1) is 0 Å². The molecule has 1 aliphatic heterocycles. The Bertz CT molecular complexity index is 534. The smallest absolute Gasteiger partial charge is 0.298 e. The van der Waals surface area contributed by atoms with Crippen LogP contribution in [-0.2, 0) is 4.79 Å². The number of amides is 3. The van der Waals surface area contributed by atoms with Crippen LogP contribution < -0.4 is 5.32 Å². The Hall–Kier alpha value is -2.37. The minimum atomic E-state index is -0.626. The van der Waals surface area contributed by atoms with Gasteiger partial charge in [0.05, 0.1) is 16.8 Å². The molecule has 80 valence electrons. The monoisotopic (exact) mass is 217 g/mol. The van der Waals surface area contributed by atoms with E-state index in [1.807, 2.05) is 0 Å². The first-order valence-electron chi connectivity index (χ1n) is 4.50. The van der Waals surface area contributed by atoms with Crippen molar-refractivity contribution in [2.45, 2.75) is 6.92 Å². The van der Waals surface area contributed by atoms with Crippen molar-refractivity contribution in [1.29, 1.82) is 0 Å². The van der Waals surface area contributed by atoms with Gasteiger partial charge in [-0.3, -0.25) is 14.4 Å². The van der Waals surface area contributed by atoms with Gasteiger partial charge in [0.1, 0.15) is 0 Å². The number of azo groups is 1. The number of benzene rings is 1. The fourth-order valence-electron chi connectivity index (χ4n) is 1.45. The predicted molar refractivity (Wildman–Crippen MR) is 54.3 cm³/mol. The van der Waals surface area contributed by atoms with E-state index in [0.29, 0.717) is 0 Å². The zero-order valence-electron chi connectivity index (χ0n) is 8.35. The largest absolute Gasteiger partial charge is 0.326 e. The van der Waals surface area contributed by atoms with E-state index in [4.69, 9.17) is 0 Å². The maximum absolute atomic E-state index is 11.5. The standard InChI is InChI=1S/C10H7N3O3/c1-5(14)11-7-4-2-3-6-8(7)10(16)13-12-9(6)15/h2-4H,1H3,(H,11,14). The lowest BCUT2D eigenvalue weighted by Crippen LogP contribution is -2.16. The Balaban J connectivity index is 2.59. The minimum absolute atomic E-state index is 0.0951. The Morgan fingerprint density at radius 3 is 2.56 bits per heavy atom. The molecule has 0 saturated carbocycles. The first-order chi connectivity index (χ1) is 7.59. The third-order valence-electron chi connectivity index (χ3n) is 2.05. The van der Waals surface area contributed by atoms with Crippen molar-refractivity contribution in [2.75, 3.05) is 5.32 Å². The van der Waals surface area contributed by atoms with E-state index in [-0.39, 0.29) is 22.7 Å². The highest BCUT2D eigenvalue weighted by Crippen LogP contribution is 2.25. The quantitative estimate of drug-likeness (QED) is 0.770. The summed E-state index contributed by atoms with van der Waals surface area (Å²) in [6.07, 6.45) is 0. The van der Waals surface area contributed by atoms with Gasteiger partial charge in [0.2, 0.25) is 5.91 Å². The molecule has 1 heterocycles. The van der Waals surface area contributed by atoms with Crippen LogP contribution >= 0.6 is 0 Å². The van der Waals surface area contributed by atoms with Crippen LogP contribution in [0.4, 0.5) is 5.69 Å². The Morgan fingerprint density at radius 2 is 1.88 bits per heavy atom. The van der Waals surface area contributed by atoms with Crippen LogP contribution in [0.5, 0.6) is 0 Å². The second-order valence-electron chi connectivity index (χ2n) is 3.22. The molecule has 0 aromatic heterocycles. The SMILES string of the molecule is CC(=O)Nc1cccc2c1C(=O)N=NC2=O. The molecule has 6 nitrogen and oxygen atoms in total. The van der Waals surface area contributed by atoms with Gasteiger partial charge in [-0.05, 0) is 12.1 Å². The summed E-state index contributed by atoms with van der Waals surface area (Å²) in [5.41, 5.74) is 0.533. The highest BCUT2D eigenvalue weighted by atomic mass is 16.2. The molecule has 0 bridgehead atoms. The summed E-state index contributed by atoms with van der Waals surface area (Å²) in [7, 11) is 0. The zero-order valence-corrected chi connectivity index (χ0v) is 8.35. The van der Waals surface area contributed by atoms with Crippen LogP contribution in [-0.4, -0.2) is 17.7 Å². The summed E-state index contributed by atoms with van der Waals surface area (Å²) in [4.78, 5) is 33.7. The van der Waals surface area contributed by atoms with Gasteiger partial charge < -0.3 is 5.32 Å². The van der Waals surface area contributed by atoms with Crippen LogP contribution in [0.3, 0.4) is 0 Å². The summed E-state index contributed by atoms with van der Waals surface area (Å²) in [6, 6.07) is 4.57. The van der Waals surface area contributed by atoms with Crippen molar-refractivity contribution in [3.63, 3.8) is 0 Å². The van der Waals surface area contributed by atoms with Gasteiger partial charge in [0.25, 0.3) is 11.8 Å². The molecule has 2 rings (SSSR count). The molecule has 0 spiro atoms. The molecule has 1 aliphatic rings. The lowest BCUT2D eigenvalue weighted by atomic mass is 10.0. The van der Waals surface area contributed by atoms with E-state index in [0.717, 1.165) is 0 Å². The van der Waals surface area contributed by atoms with Gasteiger partial charge in [-0.2, -0.15) is 0 Å². The lowest BCUT2D eigenvalue weighted by molar-refractivity contribution is -0.114. The number of hydrogen-bond donors (Lipinski definition) is 1. The number of rotatable bonds is 1. The summed E-state index contributed by atoms with van der Waals surface area (Å²) in [6.45, 7) is 1.32. The first kappa shape index (κ1) is 10.2. The Kier molecular flexibility index (Phi) is 2.32. The number of nitrogens with zero attached hydrogens (tertiary/aromatic N) is 2. The zero-order chi connectivity index (χ0) is 11.7. The number of anilines is 1. The molecule has 16 heavy (non-hydrogen) atoms. The molecule has 6 heteroatoms. The van der Waals surface area contributed by atoms with Crippen molar-refractivity contribution in [3.05, 3.63) is 29.3 Å². The summed E-state index contributed by atoms with van der Waals surface area (Å²) in [5, 5.41) is 8.87. The summed E-state index contributed by atoms with van der Waals surface area (Å²) >= 11 is 0. The van der Waals surface area contributed by atoms with Gasteiger partial charge >= 0.3 is 0 Å². The molecule has 0 fully saturated rings. The van der Waals surface area contributed by atoms with Gasteiger partial charge in [0, 0.05) is 6.92 Å². The molecule has 1 aromatic rings. The highest BCUT2D eigenvalue weighted by Gasteiger charge is 2.25. The van der Waals surface area contributed by atoms with Crippen molar-refractivity contribution < 1.29 is 14.4 Å². The van der Waals surface area contributed by atoms with Crippen molar-refractivity contribution in [2.24, 2.45) is 10.2 Å². The van der Waals surface area contributed by atoms with E-state index in [1.54, 1.807) is 6.07 Å². The number of carbonyl (C=O) groups is 3. The molecule has 0 aliphatic carbocycles. The van der Waals surface area contributed by atoms with Crippen molar-refractivity contribution in [3.8, 4) is 0 Å². The molecule has 1 N–H and O–H groups in total. The molecule has 0 atom stereocenters. The molecular formula is C10H7N3O3. The fourth-order valence-corrected chi connectivity index (χ4v) is 1.45. The van der Waals surface area contributed by atoms with Crippen LogP contribution in [0.15, 0.2) is 28.4 Å². The lowest BCUT2D eigenvalue weighted by Gasteiger charge is -2.11. The Labute approximate surface area is 90.4 Å². The van der Waals surface area contributed by atoms with E-state index in [2.05, 4.69) is 15.5 Å². The molecular weight excluding hydrogens is 210 g/mol.